The van der Waals surface area contributed by atoms with Gasteiger partial charge in [-0.15, -0.1) is 5.11 Å². The molecule has 0 amide bonds. The number of rotatable bonds is 7. The number of hydrogen-bond donors (Lipinski definition) is 2. The summed E-state index contributed by atoms with van der Waals surface area (Å²) in [4.78, 5) is 14.6. The highest BCUT2D eigenvalue weighted by molar-refractivity contribution is 6.31. The highest BCUT2D eigenvalue weighted by Crippen LogP contribution is 2.34. The first-order valence-corrected chi connectivity index (χ1v) is 12.4. The largest absolute Gasteiger partial charge is 0.507 e. The highest BCUT2D eigenvalue weighted by atomic mass is 35.5. The molecule has 0 unspecified atom stereocenters. The third kappa shape index (κ3) is 6.04. The number of halogens is 2. The van der Waals surface area contributed by atoms with Crippen LogP contribution in [-0.4, -0.2) is 46.4 Å². The first-order valence-electron chi connectivity index (χ1n) is 12.0. The number of ether oxygens (including phenoxy) is 1. The lowest BCUT2D eigenvalue weighted by Crippen LogP contribution is -2.37. The van der Waals surface area contributed by atoms with Gasteiger partial charge < -0.3 is 20.1 Å². The normalized spacial score (nSPS) is 13.7. The number of aromatic nitrogens is 3. The van der Waals surface area contributed by atoms with E-state index in [4.69, 9.17) is 16.3 Å². The number of phenols is 1. The Bertz CT molecular complexity index is 1480. The Morgan fingerprint density at radius 3 is 2.71 bits per heavy atom. The number of azo groups is 1. The fraction of sp³-hybridized carbons (Fsp3) is 0.222. The molecule has 1 saturated heterocycles. The number of morpholine rings is 1. The van der Waals surface area contributed by atoms with Crippen molar-refractivity contribution in [2.75, 3.05) is 36.5 Å². The molecule has 11 heteroatoms. The summed E-state index contributed by atoms with van der Waals surface area (Å²) in [5.41, 5.74) is 4.50. The summed E-state index contributed by atoms with van der Waals surface area (Å²) in [6, 6.07) is 16.4. The molecule has 194 valence electrons. The van der Waals surface area contributed by atoms with Gasteiger partial charge in [-0.25, -0.2) is 9.37 Å². The Morgan fingerprint density at radius 2 is 1.92 bits per heavy atom. The minimum Gasteiger partial charge on any atom is -0.507 e. The van der Waals surface area contributed by atoms with E-state index in [-0.39, 0.29) is 24.1 Å². The molecule has 2 aromatic heterocycles. The number of para-hydroxylation sites is 1. The Morgan fingerprint density at radius 1 is 1.11 bits per heavy atom. The molecule has 4 aromatic rings. The Hall–Kier alpha value is -4.15. The minimum absolute atomic E-state index is 0.0871. The van der Waals surface area contributed by atoms with Crippen LogP contribution in [0.2, 0.25) is 5.02 Å². The Kier molecular flexibility index (Phi) is 7.71. The molecule has 38 heavy (non-hydrogen) atoms. The summed E-state index contributed by atoms with van der Waals surface area (Å²) in [5, 5.41) is 22.3. The van der Waals surface area contributed by atoms with Crippen LogP contribution < -0.4 is 10.2 Å². The van der Waals surface area contributed by atoms with Crippen molar-refractivity contribution in [1.29, 1.82) is 0 Å². The predicted molar refractivity (Wildman–Crippen MR) is 144 cm³/mol. The standard InChI is InChI=1S/C27H25ClFN7O2/c1-17-24(33-21-13-18(12-19(28)14-21)22-4-2-3-5-25(22)37)7-6-20(32-17)15-31-35-27-30-16-23(29)26(34-27)36-8-10-38-11-9-36/h2-7,12-14,16,33,37H,8-11,15H2,1H3. The van der Waals surface area contributed by atoms with Crippen molar-refractivity contribution >= 4 is 34.7 Å². The van der Waals surface area contributed by atoms with Gasteiger partial charge in [0.25, 0.3) is 5.95 Å². The van der Waals surface area contributed by atoms with E-state index in [9.17, 15) is 9.50 Å². The second-order valence-corrected chi connectivity index (χ2v) is 9.08. The first-order chi connectivity index (χ1) is 18.5. The van der Waals surface area contributed by atoms with E-state index in [1.807, 2.05) is 42.2 Å². The molecule has 0 aliphatic carbocycles. The average Bonchev–Trinajstić information content (AvgIpc) is 2.91. The molecule has 1 aliphatic rings. The third-order valence-corrected chi connectivity index (χ3v) is 6.17. The topological polar surface area (TPSA) is 108 Å². The van der Waals surface area contributed by atoms with Crippen LogP contribution in [0.1, 0.15) is 11.4 Å². The van der Waals surface area contributed by atoms with Gasteiger partial charge in [0.2, 0.25) is 0 Å². The zero-order valence-electron chi connectivity index (χ0n) is 20.6. The number of pyridine rings is 1. The second-order valence-electron chi connectivity index (χ2n) is 8.65. The van der Waals surface area contributed by atoms with E-state index in [0.717, 1.165) is 28.8 Å². The van der Waals surface area contributed by atoms with E-state index in [2.05, 4.69) is 30.5 Å². The quantitative estimate of drug-likeness (QED) is 0.272. The molecular weight excluding hydrogens is 509 g/mol. The summed E-state index contributed by atoms with van der Waals surface area (Å²) >= 11 is 6.35. The Labute approximate surface area is 224 Å². The number of nitrogens with zero attached hydrogens (tertiary/aromatic N) is 6. The molecule has 1 aliphatic heterocycles. The van der Waals surface area contributed by atoms with Gasteiger partial charge in [-0.2, -0.15) is 10.1 Å². The van der Waals surface area contributed by atoms with Crippen LogP contribution in [0.5, 0.6) is 5.75 Å². The van der Waals surface area contributed by atoms with E-state index >= 15 is 0 Å². The van der Waals surface area contributed by atoms with E-state index in [0.29, 0.717) is 42.6 Å². The maximum atomic E-state index is 14.2. The molecule has 0 saturated carbocycles. The summed E-state index contributed by atoms with van der Waals surface area (Å²) < 4.78 is 19.5. The van der Waals surface area contributed by atoms with Crippen molar-refractivity contribution in [3.63, 3.8) is 0 Å². The molecule has 0 spiro atoms. The lowest BCUT2D eigenvalue weighted by molar-refractivity contribution is 0.122. The van der Waals surface area contributed by atoms with Crippen LogP contribution in [0.3, 0.4) is 0 Å². The number of anilines is 3. The molecule has 2 N–H and O–H groups in total. The van der Waals surface area contributed by atoms with Gasteiger partial charge in [0.1, 0.15) is 12.3 Å². The van der Waals surface area contributed by atoms with Crippen molar-refractivity contribution < 1.29 is 14.2 Å². The lowest BCUT2D eigenvalue weighted by Gasteiger charge is -2.27. The number of aromatic hydroxyl groups is 1. The molecule has 0 bridgehead atoms. The van der Waals surface area contributed by atoms with Gasteiger partial charge >= 0.3 is 0 Å². The molecule has 2 aromatic carbocycles. The maximum Gasteiger partial charge on any atom is 0.270 e. The molecule has 9 nitrogen and oxygen atoms in total. The molecule has 5 rings (SSSR count). The lowest BCUT2D eigenvalue weighted by atomic mass is 10.0. The third-order valence-electron chi connectivity index (χ3n) is 5.95. The van der Waals surface area contributed by atoms with Gasteiger partial charge in [0.05, 0.1) is 36.5 Å². The predicted octanol–water partition coefficient (Wildman–Crippen LogP) is 6.21. The van der Waals surface area contributed by atoms with Crippen molar-refractivity contribution in [3.8, 4) is 16.9 Å². The number of nitrogens with one attached hydrogen (secondary N) is 1. The van der Waals surface area contributed by atoms with Crippen LogP contribution in [0, 0.1) is 12.7 Å². The Balaban J connectivity index is 1.27. The molecule has 1 fully saturated rings. The SMILES string of the molecule is Cc1nc(CN=Nc2ncc(F)c(N3CCOCC3)n2)ccc1Nc1cc(Cl)cc(-c2ccccc2O)c1. The highest BCUT2D eigenvalue weighted by Gasteiger charge is 2.18. The number of hydrogen-bond acceptors (Lipinski definition) is 9. The summed E-state index contributed by atoms with van der Waals surface area (Å²) in [7, 11) is 0. The average molecular weight is 534 g/mol. The van der Waals surface area contributed by atoms with Gasteiger partial charge in [0, 0.05) is 29.4 Å². The van der Waals surface area contributed by atoms with Crippen molar-refractivity contribution in [1.82, 2.24) is 15.0 Å². The zero-order chi connectivity index (χ0) is 26.5. The number of aryl methyl sites for hydroxylation is 1. The minimum atomic E-state index is -0.501. The van der Waals surface area contributed by atoms with Crippen LogP contribution in [0.15, 0.2) is 71.0 Å². The fourth-order valence-electron chi connectivity index (χ4n) is 4.09. The van der Waals surface area contributed by atoms with Crippen molar-refractivity contribution in [2.24, 2.45) is 10.2 Å². The zero-order valence-corrected chi connectivity index (χ0v) is 21.4. The monoisotopic (exact) mass is 533 g/mol. The van der Waals surface area contributed by atoms with Crippen LogP contribution in [-0.2, 0) is 11.3 Å². The van der Waals surface area contributed by atoms with Gasteiger partial charge in [-0.1, -0.05) is 29.8 Å². The second kappa shape index (κ2) is 11.5. The van der Waals surface area contributed by atoms with E-state index in [1.54, 1.807) is 24.3 Å². The fourth-order valence-corrected chi connectivity index (χ4v) is 4.32. The smallest absolute Gasteiger partial charge is 0.270 e. The van der Waals surface area contributed by atoms with Crippen LogP contribution >= 0.6 is 11.6 Å². The van der Waals surface area contributed by atoms with Gasteiger partial charge in [-0.05, 0) is 48.9 Å². The number of benzene rings is 2. The summed E-state index contributed by atoms with van der Waals surface area (Å²) in [6.45, 7) is 4.24. The van der Waals surface area contributed by atoms with E-state index < -0.39 is 5.82 Å². The molecular formula is C27H25ClFN7O2. The first kappa shape index (κ1) is 25.5. The molecule has 3 heterocycles. The van der Waals surface area contributed by atoms with Crippen LogP contribution in [0.25, 0.3) is 11.1 Å². The summed E-state index contributed by atoms with van der Waals surface area (Å²) in [5.74, 6) is -0.0310. The molecule has 0 atom stereocenters. The van der Waals surface area contributed by atoms with Gasteiger partial charge in [-0.3, -0.25) is 4.98 Å². The maximum absolute atomic E-state index is 14.2. The molecule has 0 radical (unpaired) electrons. The van der Waals surface area contributed by atoms with Gasteiger partial charge in [0.15, 0.2) is 11.6 Å². The number of phenolic OH excluding ortho intramolecular Hbond substituents is 1. The van der Waals surface area contributed by atoms with E-state index in [1.165, 1.54) is 0 Å². The van der Waals surface area contributed by atoms with Crippen LogP contribution in [0.4, 0.5) is 27.5 Å². The summed E-state index contributed by atoms with van der Waals surface area (Å²) in [6.07, 6.45) is 1.11. The van der Waals surface area contributed by atoms with Crippen molar-refractivity contribution in [2.45, 2.75) is 13.5 Å². The van der Waals surface area contributed by atoms with Crippen molar-refractivity contribution in [3.05, 3.63) is 83.0 Å².